The molecule has 1 amide bonds. The van der Waals surface area contributed by atoms with Crippen molar-refractivity contribution in [3.63, 3.8) is 0 Å². The summed E-state index contributed by atoms with van der Waals surface area (Å²) in [6.45, 7) is 5.42. The zero-order valence-electron chi connectivity index (χ0n) is 11.8. The third kappa shape index (κ3) is 2.96. The van der Waals surface area contributed by atoms with E-state index in [0.29, 0.717) is 30.4 Å². The van der Waals surface area contributed by atoms with Gasteiger partial charge in [-0.05, 0) is 41.3 Å². The van der Waals surface area contributed by atoms with Gasteiger partial charge in [0.25, 0.3) is 5.91 Å². The molecule has 1 aliphatic heterocycles. The van der Waals surface area contributed by atoms with E-state index in [1.54, 1.807) is 17.2 Å². The summed E-state index contributed by atoms with van der Waals surface area (Å²) in [4.78, 5) is 18.7. The molecule has 0 spiro atoms. The summed E-state index contributed by atoms with van der Waals surface area (Å²) >= 11 is 3.36. The van der Waals surface area contributed by atoms with E-state index in [-0.39, 0.29) is 18.6 Å². The first-order valence-electron chi connectivity index (χ1n) is 6.89. The summed E-state index contributed by atoms with van der Waals surface area (Å²) in [5.41, 5.74) is 0.550. The number of hydrogen-bond acceptors (Lipinski definition) is 4. The molecule has 1 aliphatic rings. The monoisotopic (exact) mass is 341 g/mol. The van der Waals surface area contributed by atoms with Crippen molar-refractivity contribution >= 4 is 27.7 Å². The van der Waals surface area contributed by atoms with Crippen molar-refractivity contribution in [3.05, 3.63) is 22.3 Å². The second-order valence-electron chi connectivity index (χ2n) is 5.09. The molecule has 2 heterocycles. The number of aliphatic hydroxyl groups excluding tert-OH is 1. The topological polar surface area (TPSA) is 65.5 Å². The largest absolute Gasteiger partial charge is 0.394 e. The highest BCUT2D eigenvalue weighted by Crippen LogP contribution is 2.28. The molecule has 20 heavy (non-hydrogen) atoms. The maximum atomic E-state index is 12.7. The number of anilines is 1. The molecule has 0 bridgehead atoms. The fraction of sp³-hybridized carbons (Fsp3) is 0.571. The Balaban J connectivity index is 2.30. The Bertz CT molecular complexity index is 495. The number of likely N-dealkylation sites (tertiary alicyclic amines) is 1. The maximum absolute atomic E-state index is 12.7. The second-order valence-corrected chi connectivity index (χ2v) is 6.01. The van der Waals surface area contributed by atoms with E-state index >= 15 is 0 Å². The van der Waals surface area contributed by atoms with Gasteiger partial charge in [0.1, 0.15) is 5.82 Å². The number of pyridine rings is 1. The predicted molar refractivity (Wildman–Crippen MR) is 81.8 cm³/mol. The van der Waals surface area contributed by atoms with E-state index in [4.69, 9.17) is 0 Å². The minimum atomic E-state index is -0.101. The molecule has 1 saturated heterocycles. The molecule has 1 fully saturated rings. The number of aromatic nitrogens is 1. The molecule has 110 valence electrons. The number of aliphatic hydroxyl groups is 1. The van der Waals surface area contributed by atoms with Crippen molar-refractivity contribution in [2.75, 3.05) is 25.0 Å². The molecule has 0 radical (unpaired) electrons. The Morgan fingerprint density at radius 1 is 1.65 bits per heavy atom. The van der Waals surface area contributed by atoms with Crippen LogP contribution in [-0.4, -0.2) is 46.6 Å². The smallest absolute Gasteiger partial charge is 0.257 e. The minimum absolute atomic E-state index is 0.00484. The van der Waals surface area contributed by atoms with E-state index < -0.39 is 0 Å². The Morgan fingerprint density at radius 2 is 2.40 bits per heavy atom. The van der Waals surface area contributed by atoms with Crippen LogP contribution in [0.15, 0.2) is 16.7 Å². The molecule has 5 nitrogen and oxygen atoms in total. The highest BCUT2D eigenvalue weighted by atomic mass is 79.9. The normalized spacial score (nSPS) is 22.1. The van der Waals surface area contributed by atoms with Crippen molar-refractivity contribution in [3.8, 4) is 0 Å². The molecule has 1 aromatic heterocycles. The van der Waals surface area contributed by atoms with Gasteiger partial charge in [-0.25, -0.2) is 4.98 Å². The summed E-state index contributed by atoms with van der Waals surface area (Å²) < 4.78 is 0.773. The summed E-state index contributed by atoms with van der Waals surface area (Å²) in [7, 11) is 0. The number of carbonyl (C=O) groups is 1. The van der Waals surface area contributed by atoms with Gasteiger partial charge in [-0.1, -0.05) is 6.92 Å². The molecular formula is C14H20BrN3O2. The van der Waals surface area contributed by atoms with Crippen molar-refractivity contribution < 1.29 is 9.90 Å². The number of nitrogens with one attached hydrogen (secondary N) is 1. The summed E-state index contributed by atoms with van der Waals surface area (Å²) in [5, 5.41) is 12.6. The van der Waals surface area contributed by atoms with Gasteiger partial charge in [-0.2, -0.15) is 0 Å². The van der Waals surface area contributed by atoms with Gasteiger partial charge >= 0.3 is 0 Å². The van der Waals surface area contributed by atoms with Gasteiger partial charge in [0.2, 0.25) is 0 Å². The van der Waals surface area contributed by atoms with Gasteiger partial charge in [-0.15, -0.1) is 0 Å². The summed E-state index contributed by atoms with van der Waals surface area (Å²) in [6.07, 6.45) is 2.60. The van der Waals surface area contributed by atoms with Crippen LogP contribution >= 0.6 is 15.9 Å². The Kier molecular flexibility index (Phi) is 4.99. The van der Waals surface area contributed by atoms with Gasteiger partial charge in [-0.3, -0.25) is 4.79 Å². The van der Waals surface area contributed by atoms with Crippen LogP contribution in [0.3, 0.4) is 0 Å². The number of nitrogens with zero attached hydrogens (tertiary/aromatic N) is 2. The first-order chi connectivity index (χ1) is 9.58. The SMILES string of the molecule is CCNc1ncc(Br)cc1C(=O)N1CCC(C)C1CO. The molecule has 2 unspecified atom stereocenters. The third-order valence-corrected chi connectivity index (χ3v) is 4.19. The van der Waals surface area contributed by atoms with Gasteiger partial charge in [0, 0.05) is 23.8 Å². The lowest BCUT2D eigenvalue weighted by Crippen LogP contribution is -2.40. The van der Waals surface area contributed by atoms with Crippen molar-refractivity contribution in [2.45, 2.75) is 26.3 Å². The zero-order valence-corrected chi connectivity index (χ0v) is 13.4. The predicted octanol–water partition coefficient (Wildman–Crippen LogP) is 2.12. The quantitative estimate of drug-likeness (QED) is 0.880. The lowest BCUT2D eigenvalue weighted by Gasteiger charge is -2.26. The molecule has 0 aliphatic carbocycles. The molecule has 6 heteroatoms. The molecular weight excluding hydrogens is 322 g/mol. The summed E-state index contributed by atoms with van der Waals surface area (Å²) in [5.74, 6) is 0.849. The highest BCUT2D eigenvalue weighted by Gasteiger charge is 2.35. The van der Waals surface area contributed by atoms with Gasteiger partial charge in [0.15, 0.2) is 0 Å². The minimum Gasteiger partial charge on any atom is -0.394 e. The van der Waals surface area contributed by atoms with Crippen LogP contribution in [0.5, 0.6) is 0 Å². The van der Waals surface area contributed by atoms with Crippen LogP contribution in [-0.2, 0) is 0 Å². The molecule has 2 atom stereocenters. The van der Waals surface area contributed by atoms with Crippen LogP contribution in [0, 0.1) is 5.92 Å². The van der Waals surface area contributed by atoms with E-state index in [1.165, 1.54) is 0 Å². The van der Waals surface area contributed by atoms with Crippen molar-refractivity contribution in [1.29, 1.82) is 0 Å². The molecule has 2 N–H and O–H groups in total. The highest BCUT2D eigenvalue weighted by molar-refractivity contribution is 9.10. The Morgan fingerprint density at radius 3 is 3.05 bits per heavy atom. The maximum Gasteiger partial charge on any atom is 0.257 e. The second kappa shape index (κ2) is 6.54. The van der Waals surface area contributed by atoms with Crippen LogP contribution in [0.4, 0.5) is 5.82 Å². The van der Waals surface area contributed by atoms with Crippen molar-refractivity contribution in [2.24, 2.45) is 5.92 Å². The van der Waals surface area contributed by atoms with Gasteiger partial charge < -0.3 is 15.3 Å². The average molecular weight is 342 g/mol. The van der Waals surface area contributed by atoms with Crippen LogP contribution in [0.1, 0.15) is 30.6 Å². The molecule has 2 rings (SSSR count). The van der Waals surface area contributed by atoms with Gasteiger partial charge in [0.05, 0.1) is 18.2 Å². The standard InChI is InChI=1S/C14H20BrN3O2/c1-3-16-13-11(6-10(15)7-17-13)14(20)18-5-4-9(2)12(18)8-19/h6-7,9,12,19H,3-5,8H2,1-2H3,(H,16,17). The number of amides is 1. The fourth-order valence-corrected chi connectivity index (χ4v) is 2.94. The number of rotatable bonds is 4. The van der Waals surface area contributed by atoms with E-state index in [0.717, 1.165) is 10.9 Å². The first kappa shape index (κ1) is 15.3. The zero-order chi connectivity index (χ0) is 14.7. The number of halogens is 1. The van der Waals surface area contributed by atoms with E-state index in [2.05, 4.69) is 33.2 Å². The van der Waals surface area contributed by atoms with Crippen LogP contribution in [0.25, 0.3) is 0 Å². The number of hydrogen-bond donors (Lipinski definition) is 2. The molecule has 0 saturated carbocycles. The average Bonchev–Trinajstić information content (AvgIpc) is 2.81. The Labute approximate surface area is 127 Å². The number of carbonyl (C=O) groups excluding carboxylic acids is 1. The first-order valence-corrected chi connectivity index (χ1v) is 7.69. The van der Waals surface area contributed by atoms with Crippen molar-refractivity contribution in [1.82, 2.24) is 9.88 Å². The van der Waals surface area contributed by atoms with E-state index in [9.17, 15) is 9.90 Å². The fourth-order valence-electron chi connectivity index (χ4n) is 2.60. The van der Waals surface area contributed by atoms with Crippen LogP contribution < -0.4 is 5.32 Å². The summed E-state index contributed by atoms with van der Waals surface area (Å²) in [6, 6.07) is 1.68. The lowest BCUT2D eigenvalue weighted by atomic mass is 10.0. The molecule has 0 aromatic carbocycles. The third-order valence-electron chi connectivity index (χ3n) is 3.76. The van der Waals surface area contributed by atoms with E-state index in [1.807, 2.05) is 6.92 Å². The molecule has 1 aromatic rings. The lowest BCUT2D eigenvalue weighted by molar-refractivity contribution is 0.0648. The van der Waals surface area contributed by atoms with Crippen LogP contribution in [0.2, 0.25) is 0 Å². The Hall–Kier alpha value is -1.14.